The molecule has 1 aromatic carbocycles. The third-order valence-electron chi connectivity index (χ3n) is 2.41. The van der Waals surface area contributed by atoms with Gasteiger partial charge in [-0.15, -0.1) is 0 Å². The topological polar surface area (TPSA) is 38.3 Å². The fraction of sp³-hybridized carbons (Fsp3) is 0.417. The van der Waals surface area contributed by atoms with Crippen molar-refractivity contribution < 1.29 is 13.9 Å². The number of methoxy groups -OCH3 is 1. The lowest BCUT2D eigenvalue weighted by Gasteiger charge is -2.23. The van der Waals surface area contributed by atoms with Crippen LogP contribution in [0, 0.1) is 5.82 Å². The van der Waals surface area contributed by atoms with Crippen LogP contribution >= 0.6 is 11.6 Å². The molecule has 94 valence electrons. The summed E-state index contributed by atoms with van der Waals surface area (Å²) < 4.78 is 17.8. The Kier molecular flexibility index (Phi) is 4.48. The van der Waals surface area contributed by atoms with E-state index in [1.165, 1.54) is 19.2 Å². The highest BCUT2D eigenvalue weighted by Crippen LogP contribution is 2.16. The largest absolute Gasteiger partial charge is 0.468 e. The lowest BCUT2D eigenvalue weighted by molar-refractivity contribution is -0.147. The lowest BCUT2D eigenvalue weighted by atomic mass is 10.1. The molecule has 0 aliphatic rings. The lowest BCUT2D eigenvalue weighted by Crippen LogP contribution is -2.46. The minimum Gasteiger partial charge on any atom is -0.468 e. The second-order valence-corrected chi connectivity index (χ2v) is 4.63. The van der Waals surface area contributed by atoms with Gasteiger partial charge in [0, 0.05) is 6.54 Å². The van der Waals surface area contributed by atoms with E-state index in [2.05, 4.69) is 10.1 Å². The molecule has 1 aromatic rings. The van der Waals surface area contributed by atoms with Crippen LogP contribution in [0.5, 0.6) is 0 Å². The minimum atomic E-state index is -0.815. The Morgan fingerprint density at radius 2 is 2.18 bits per heavy atom. The third kappa shape index (κ3) is 3.68. The summed E-state index contributed by atoms with van der Waals surface area (Å²) in [7, 11) is 1.33. The zero-order valence-electron chi connectivity index (χ0n) is 10.0. The number of rotatable bonds is 4. The Bertz CT molecular complexity index is 421. The van der Waals surface area contributed by atoms with Gasteiger partial charge in [-0.2, -0.15) is 0 Å². The van der Waals surface area contributed by atoms with E-state index >= 15 is 0 Å². The van der Waals surface area contributed by atoms with Crippen molar-refractivity contribution in [3.63, 3.8) is 0 Å². The van der Waals surface area contributed by atoms with Crippen molar-refractivity contribution in [1.29, 1.82) is 0 Å². The van der Waals surface area contributed by atoms with Gasteiger partial charge in [0.15, 0.2) is 0 Å². The van der Waals surface area contributed by atoms with Crippen molar-refractivity contribution in [2.24, 2.45) is 0 Å². The van der Waals surface area contributed by atoms with E-state index in [0.29, 0.717) is 12.1 Å². The second kappa shape index (κ2) is 5.47. The van der Waals surface area contributed by atoms with E-state index in [9.17, 15) is 9.18 Å². The second-order valence-electron chi connectivity index (χ2n) is 4.22. The maximum Gasteiger partial charge on any atom is 0.325 e. The number of halogens is 2. The van der Waals surface area contributed by atoms with E-state index in [-0.39, 0.29) is 11.0 Å². The van der Waals surface area contributed by atoms with Gasteiger partial charge in [-0.3, -0.25) is 10.1 Å². The van der Waals surface area contributed by atoms with Crippen LogP contribution in [0.1, 0.15) is 19.4 Å². The van der Waals surface area contributed by atoms with E-state index in [0.717, 1.165) is 0 Å². The molecule has 0 saturated heterocycles. The summed E-state index contributed by atoms with van der Waals surface area (Å²) in [6.45, 7) is 3.76. The number of ether oxygens (including phenoxy) is 1. The van der Waals surface area contributed by atoms with Crippen LogP contribution < -0.4 is 5.32 Å². The Balaban J connectivity index is 2.67. The number of carbonyl (C=O) groups is 1. The molecule has 0 spiro atoms. The average molecular weight is 260 g/mol. The van der Waals surface area contributed by atoms with Crippen molar-refractivity contribution >= 4 is 17.6 Å². The fourth-order valence-corrected chi connectivity index (χ4v) is 1.42. The Morgan fingerprint density at radius 1 is 1.53 bits per heavy atom. The highest BCUT2D eigenvalue weighted by atomic mass is 35.5. The first-order valence-electron chi connectivity index (χ1n) is 5.14. The first-order chi connectivity index (χ1) is 7.86. The summed E-state index contributed by atoms with van der Waals surface area (Å²) >= 11 is 5.57. The summed E-state index contributed by atoms with van der Waals surface area (Å²) in [5.74, 6) is -0.839. The number of nitrogens with one attached hydrogen (secondary N) is 1. The quantitative estimate of drug-likeness (QED) is 0.845. The predicted molar refractivity (Wildman–Crippen MR) is 64.3 cm³/mol. The van der Waals surface area contributed by atoms with Gasteiger partial charge < -0.3 is 4.74 Å². The SMILES string of the molecule is COC(=O)C(C)(C)NCc1ccc(Cl)c(F)c1. The van der Waals surface area contributed by atoms with E-state index in [4.69, 9.17) is 11.6 Å². The molecule has 17 heavy (non-hydrogen) atoms. The van der Waals surface area contributed by atoms with Gasteiger partial charge in [-0.1, -0.05) is 17.7 Å². The molecule has 0 amide bonds. The van der Waals surface area contributed by atoms with Crippen molar-refractivity contribution in [2.45, 2.75) is 25.9 Å². The summed E-state index contributed by atoms with van der Waals surface area (Å²) in [5.41, 5.74) is -0.103. The molecule has 3 nitrogen and oxygen atoms in total. The van der Waals surface area contributed by atoms with Gasteiger partial charge >= 0.3 is 5.97 Å². The Morgan fingerprint density at radius 3 is 2.71 bits per heavy atom. The Hall–Kier alpha value is -1.13. The average Bonchev–Trinajstić information content (AvgIpc) is 2.29. The van der Waals surface area contributed by atoms with Crippen LogP contribution in [0.4, 0.5) is 4.39 Å². The number of esters is 1. The van der Waals surface area contributed by atoms with E-state index in [1.807, 2.05) is 0 Å². The van der Waals surface area contributed by atoms with Crippen LogP contribution in [-0.2, 0) is 16.1 Å². The normalized spacial score (nSPS) is 11.4. The molecular formula is C12H15ClFNO2. The van der Waals surface area contributed by atoms with Crippen molar-refractivity contribution in [3.8, 4) is 0 Å². The van der Waals surface area contributed by atoms with E-state index < -0.39 is 11.4 Å². The molecule has 0 aliphatic heterocycles. The van der Waals surface area contributed by atoms with Gasteiger partial charge in [0.25, 0.3) is 0 Å². The number of benzene rings is 1. The van der Waals surface area contributed by atoms with E-state index in [1.54, 1.807) is 19.9 Å². The van der Waals surface area contributed by atoms with Gasteiger partial charge in [0.2, 0.25) is 0 Å². The smallest absolute Gasteiger partial charge is 0.325 e. The standard InChI is InChI=1S/C12H15ClFNO2/c1-12(2,11(16)17-3)15-7-8-4-5-9(13)10(14)6-8/h4-6,15H,7H2,1-3H3. The maximum absolute atomic E-state index is 13.2. The maximum atomic E-state index is 13.2. The monoisotopic (exact) mass is 259 g/mol. The van der Waals surface area contributed by atoms with Crippen molar-refractivity contribution in [3.05, 3.63) is 34.6 Å². The molecule has 0 radical (unpaired) electrons. The number of hydrogen-bond acceptors (Lipinski definition) is 3. The first-order valence-corrected chi connectivity index (χ1v) is 5.52. The molecule has 0 aliphatic carbocycles. The third-order valence-corrected chi connectivity index (χ3v) is 2.72. The molecule has 0 unspecified atom stereocenters. The zero-order valence-corrected chi connectivity index (χ0v) is 10.8. The van der Waals surface area contributed by atoms with Gasteiger partial charge in [0.05, 0.1) is 12.1 Å². The van der Waals surface area contributed by atoms with Gasteiger partial charge in [0.1, 0.15) is 11.4 Å². The van der Waals surface area contributed by atoms with Crippen LogP contribution in [0.15, 0.2) is 18.2 Å². The first kappa shape index (κ1) is 13.9. The Labute approximate surface area is 105 Å². The summed E-state index contributed by atoms with van der Waals surface area (Å²) in [6, 6.07) is 4.52. The summed E-state index contributed by atoms with van der Waals surface area (Å²) in [6.07, 6.45) is 0. The van der Waals surface area contributed by atoms with Crippen LogP contribution in [0.3, 0.4) is 0 Å². The highest BCUT2D eigenvalue weighted by molar-refractivity contribution is 6.30. The van der Waals surface area contributed by atoms with Crippen LogP contribution in [-0.4, -0.2) is 18.6 Å². The zero-order chi connectivity index (χ0) is 13.1. The molecule has 0 atom stereocenters. The predicted octanol–water partition coefficient (Wildman–Crippen LogP) is 2.52. The highest BCUT2D eigenvalue weighted by Gasteiger charge is 2.27. The van der Waals surface area contributed by atoms with Crippen molar-refractivity contribution in [1.82, 2.24) is 5.32 Å². The number of hydrogen-bond donors (Lipinski definition) is 1. The number of carbonyl (C=O) groups excluding carboxylic acids is 1. The molecule has 0 aromatic heterocycles. The van der Waals surface area contributed by atoms with Gasteiger partial charge in [-0.05, 0) is 31.5 Å². The molecular weight excluding hydrogens is 245 g/mol. The summed E-state index contributed by atoms with van der Waals surface area (Å²) in [4.78, 5) is 11.4. The van der Waals surface area contributed by atoms with Crippen molar-refractivity contribution in [2.75, 3.05) is 7.11 Å². The molecule has 0 bridgehead atoms. The molecule has 5 heteroatoms. The van der Waals surface area contributed by atoms with Crippen LogP contribution in [0.25, 0.3) is 0 Å². The minimum absolute atomic E-state index is 0.0842. The molecule has 1 N–H and O–H groups in total. The van der Waals surface area contributed by atoms with Gasteiger partial charge in [-0.25, -0.2) is 4.39 Å². The summed E-state index contributed by atoms with van der Waals surface area (Å²) in [5, 5.41) is 3.07. The molecule has 0 fully saturated rings. The van der Waals surface area contributed by atoms with Crippen LogP contribution in [0.2, 0.25) is 5.02 Å². The molecule has 1 rings (SSSR count). The fourth-order valence-electron chi connectivity index (χ4n) is 1.30. The molecule has 0 saturated carbocycles. The molecule has 0 heterocycles.